The minimum Gasteiger partial charge on any atom is -0.491 e. The Morgan fingerprint density at radius 3 is 2.71 bits per heavy atom. The number of rotatable bonds is 7. The van der Waals surface area contributed by atoms with Gasteiger partial charge in [-0.25, -0.2) is 0 Å². The van der Waals surface area contributed by atoms with Crippen molar-refractivity contribution >= 4 is 29.6 Å². The molecule has 1 heterocycles. The first-order valence-electron chi connectivity index (χ1n) is 7.55. The van der Waals surface area contributed by atoms with Gasteiger partial charge in [0.1, 0.15) is 0 Å². The lowest BCUT2D eigenvalue weighted by atomic mass is 10.2. The summed E-state index contributed by atoms with van der Waals surface area (Å²) in [6.07, 6.45) is 3.65. The van der Waals surface area contributed by atoms with Crippen LogP contribution in [0.3, 0.4) is 0 Å². The van der Waals surface area contributed by atoms with E-state index in [0.717, 1.165) is 16.5 Å². The van der Waals surface area contributed by atoms with Crippen LogP contribution in [0.1, 0.15) is 38.1 Å². The summed E-state index contributed by atoms with van der Waals surface area (Å²) in [6, 6.07) is 3.63. The third-order valence-corrected chi connectivity index (χ3v) is 4.09. The lowest BCUT2D eigenvalue weighted by molar-refractivity contribution is 0.311. The van der Waals surface area contributed by atoms with Gasteiger partial charge in [-0.3, -0.25) is 0 Å². The van der Waals surface area contributed by atoms with Gasteiger partial charge >= 0.3 is 0 Å². The Bertz CT molecular complexity index is 731. The average Bonchev–Trinajstić information content (AvgIpc) is 2.96. The Morgan fingerprint density at radius 2 is 2.12 bits per heavy atom. The van der Waals surface area contributed by atoms with E-state index in [4.69, 9.17) is 21.1 Å². The van der Waals surface area contributed by atoms with Crippen molar-refractivity contribution in [1.29, 1.82) is 0 Å². The Kier molecular flexibility index (Phi) is 6.51. The second-order valence-electron chi connectivity index (χ2n) is 5.22. The number of halogens is 1. The van der Waals surface area contributed by atoms with Crippen molar-refractivity contribution in [2.24, 2.45) is 5.10 Å². The van der Waals surface area contributed by atoms with Crippen LogP contribution in [-0.2, 0) is 0 Å². The number of methoxy groups -OCH3 is 1. The molecule has 8 heteroatoms. The van der Waals surface area contributed by atoms with Crippen molar-refractivity contribution in [3.8, 4) is 11.5 Å². The summed E-state index contributed by atoms with van der Waals surface area (Å²) in [5, 5.41) is 14.1. The average molecular weight is 369 g/mol. The van der Waals surface area contributed by atoms with Crippen LogP contribution in [0.2, 0.25) is 5.02 Å². The molecule has 0 amide bonds. The van der Waals surface area contributed by atoms with Gasteiger partial charge in [0.05, 0.1) is 25.0 Å². The topological polar surface area (TPSA) is 61.5 Å². The molecule has 2 rings (SSSR count). The molecule has 0 radical (unpaired) electrons. The second-order valence-corrected chi connectivity index (χ2v) is 6.40. The number of nitrogens with zero attached hydrogens (tertiary/aromatic N) is 4. The Hall–Kier alpha value is -1.73. The normalized spacial score (nSPS) is 11.5. The van der Waals surface area contributed by atoms with Crippen molar-refractivity contribution in [2.75, 3.05) is 20.0 Å². The molecule has 2 aromatic rings. The Balaban J connectivity index is 2.41. The molecular weight excluding hydrogens is 348 g/mol. The molecule has 0 unspecified atom stereocenters. The van der Waals surface area contributed by atoms with Gasteiger partial charge in [-0.2, -0.15) is 9.78 Å². The number of thioether (sulfide) groups is 1. The van der Waals surface area contributed by atoms with E-state index in [-0.39, 0.29) is 5.92 Å². The first kappa shape index (κ1) is 18.6. The highest BCUT2D eigenvalue weighted by Crippen LogP contribution is 2.36. The van der Waals surface area contributed by atoms with Crippen molar-refractivity contribution in [2.45, 2.75) is 31.8 Å². The first-order chi connectivity index (χ1) is 11.5. The van der Waals surface area contributed by atoms with Crippen LogP contribution in [0, 0.1) is 0 Å². The zero-order chi connectivity index (χ0) is 17.7. The van der Waals surface area contributed by atoms with Gasteiger partial charge < -0.3 is 9.47 Å². The van der Waals surface area contributed by atoms with Crippen LogP contribution >= 0.6 is 23.4 Å². The summed E-state index contributed by atoms with van der Waals surface area (Å²) in [6.45, 7) is 6.53. The number of ether oxygens (including phenoxy) is 2. The maximum atomic E-state index is 6.27. The van der Waals surface area contributed by atoms with Gasteiger partial charge in [-0.15, -0.1) is 10.2 Å². The molecule has 1 aromatic heterocycles. The van der Waals surface area contributed by atoms with Crippen molar-refractivity contribution < 1.29 is 9.47 Å². The fourth-order valence-electron chi connectivity index (χ4n) is 2.12. The molecular formula is C16H21ClN4O2S. The predicted octanol–water partition coefficient (Wildman–Crippen LogP) is 4.07. The van der Waals surface area contributed by atoms with Crippen LogP contribution in [0.5, 0.6) is 11.5 Å². The quantitative estimate of drug-likeness (QED) is 0.544. The van der Waals surface area contributed by atoms with E-state index < -0.39 is 0 Å². The van der Waals surface area contributed by atoms with Gasteiger partial charge in [-0.05, 0) is 30.9 Å². The van der Waals surface area contributed by atoms with E-state index >= 15 is 0 Å². The lowest BCUT2D eigenvalue weighted by Crippen LogP contribution is -2.02. The van der Waals surface area contributed by atoms with Crippen molar-refractivity contribution in [3.05, 3.63) is 28.5 Å². The third kappa shape index (κ3) is 4.02. The van der Waals surface area contributed by atoms with E-state index in [9.17, 15) is 0 Å². The third-order valence-electron chi connectivity index (χ3n) is 3.19. The summed E-state index contributed by atoms with van der Waals surface area (Å²) >= 11 is 7.76. The summed E-state index contributed by atoms with van der Waals surface area (Å²) in [5.74, 6) is 2.13. The minimum absolute atomic E-state index is 0.217. The zero-order valence-corrected chi connectivity index (χ0v) is 16.0. The number of aromatic nitrogens is 3. The predicted molar refractivity (Wildman–Crippen MR) is 98.1 cm³/mol. The van der Waals surface area contributed by atoms with Gasteiger partial charge in [0, 0.05) is 5.92 Å². The highest BCUT2D eigenvalue weighted by atomic mass is 35.5. The number of benzene rings is 1. The summed E-state index contributed by atoms with van der Waals surface area (Å²) in [4.78, 5) is 0. The molecule has 0 aliphatic heterocycles. The smallest absolute Gasteiger partial charge is 0.211 e. The van der Waals surface area contributed by atoms with Crippen molar-refractivity contribution in [3.63, 3.8) is 0 Å². The summed E-state index contributed by atoms with van der Waals surface area (Å²) in [7, 11) is 1.56. The van der Waals surface area contributed by atoms with Crippen molar-refractivity contribution in [1.82, 2.24) is 14.9 Å². The molecule has 130 valence electrons. The molecule has 0 atom stereocenters. The van der Waals surface area contributed by atoms with Crippen LogP contribution in [-0.4, -0.2) is 41.1 Å². The molecule has 0 aliphatic carbocycles. The maximum absolute atomic E-state index is 6.27. The van der Waals surface area contributed by atoms with E-state index in [1.165, 1.54) is 11.8 Å². The van der Waals surface area contributed by atoms with Crippen LogP contribution in [0.4, 0.5) is 0 Å². The van der Waals surface area contributed by atoms with Gasteiger partial charge in [0.25, 0.3) is 0 Å². The monoisotopic (exact) mass is 368 g/mol. The Morgan fingerprint density at radius 1 is 1.38 bits per heavy atom. The van der Waals surface area contributed by atoms with E-state index in [0.29, 0.717) is 23.1 Å². The van der Waals surface area contributed by atoms with E-state index in [2.05, 4.69) is 29.1 Å². The van der Waals surface area contributed by atoms with E-state index in [1.807, 2.05) is 19.2 Å². The van der Waals surface area contributed by atoms with Gasteiger partial charge in [0.2, 0.25) is 5.16 Å². The Labute approximate surface area is 151 Å². The largest absolute Gasteiger partial charge is 0.491 e. The fourth-order valence-corrected chi connectivity index (χ4v) is 2.85. The molecule has 0 fully saturated rings. The molecule has 0 spiro atoms. The van der Waals surface area contributed by atoms with Gasteiger partial charge in [0.15, 0.2) is 17.3 Å². The lowest BCUT2D eigenvalue weighted by Gasteiger charge is -2.11. The summed E-state index contributed by atoms with van der Waals surface area (Å²) in [5.41, 5.74) is 0.805. The first-order valence-corrected chi connectivity index (χ1v) is 9.16. The summed E-state index contributed by atoms with van der Waals surface area (Å²) < 4.78 is 12.6. The molecule has 0 saturated carbocycles. The standard InChI is InChI=1S/C16H21ClN4O2S/c1-6-23-13-8-11(7-12(17)14(13)22-4)9-18-21-15(10(2)3)19-20-16(21)24-5/h7-10H,6H2,1-5H3/b18-9-. The van der Waals surface area contributed by atoms with Gasteiger partial charge in [-0.1, -0.05) is 37.2 Å². The number of hydrogen-bond donors (Lipinski definition) is 0. The van der Waals surface area contributed by atoms with Crippen LogP contribution in [0.25, 0.3) is 0 Å². The van der Waals surface area contributed by atoms with E-state index in [1.54, 1.807) is 24.1 Å². The number of hydrogen-bond acceptors (Lipinski definition) is 6. The molecule has 6 nitrogen and oxygen atoms in total. The molecule has 24 heavy (non-hydrogen) atoms. The SMILES string of the molecule is CCOc1cc(/C=N\n2c(SC)nnc2C(C)C)cc(Cl)c1OC. The molecule has 0 bridgehead atoms. The molecule has 0 N–H and O–H groups in total. The maximum Gasteiger partial charge on any atom is 0.211 e. The second kappa shape index (κ2) is 8.39. The highest BCUT2D eigenvalue weighted by Gasteiger charge is 2.14. The highest BCUT2D eigenvalue weighted by molar-refractivity contribution is 7.98. The van der Waals surface area contributed by atoms with Crippen LogP contribution < -0.4 is 9.47 Å². The fraction of sp³-hybridized carbons (Fsp3) is 0.438. The zero-order valence-electron chi connectivity index (χ0n) is 14.4. The molecule has 0 saturated heterocycles. The molecule has 1 aromatic carbocycles. The molecule has 0 aliphatic rings. The van der Waals surface area contributed by atoms with Crippen LogP contribution in [0.15, 0.2) is 22.4 Å². The minimum atomic E-state index is 0.217.